The predicted molar refractivity (Wildman–Crippen MR) is 211 cm³/mol. The van der Waals surface area contributed by atoms with Gasteiger partial charge < -0.3 is 34.0 Å². The van der Waals surface area contributed by atoms with Crippen molar-refractivity contribution in [2.75, 3.05) is 13.7 Å². The van der Waals surface area contributed by atoms with Crippen LogP contribution in [0.15, 0.2) is 42.6 Å². The first-order chi connectivity index (χ1) is 26.7. The van der Waals surface area contributed by atoms with E-state index in [9.17, 15) is 9.59 Å². The molecule has 3 aliphatic heterocycles. The zero-order chi connectivity index (χ0) is 39.3. The van der Waals surface area contributed by atoms with E-state index in [2.05, 4.69) is 25.9 Å². The van der Waals surface area contributed by atoms with Crippen molar-refractivity contribution in [3.63, 3.8) is 0 Å². The molecule has 9 rings (SSSR count). The Hall–Kier alpha value is -4.73. The quantitative estimate of drug-likeness (QED) is 0.168. The van der Waals surface area contributed by atoms with Crippen molar-refractivity contribution in [2.45, 2.75) is 103 Å². The molecule has 6 heterocycles. The summed E-state index contributed by atoms with van der Waals surface area (Å²) in [5, 5.41) is 4.43. The third-order valence-electron chi connectivity index (χ3n) is 12.1. The van der Waals surface area contributed by atoms with Crippen LogP contribution in [0.5, 0.6) is 5.75 Å². The van der Waals surface area contributed by atoms with Crippen LogP contribution in [0.2, 0.25) is 0 Å². The molecule has 2 aromatic carbocycles. The van der Waals surface area contributed by atoms with E-state index < -0.39 is 42.5 Å². The smallest absolute Gasteiger partial charge is 0.462 e. The van der Waals surface area contributed by atoms with E-state index >= 15 is 4.39 Å². The molecule has 0 spiro atoms. The third-order valence-corrected chi connectivity index (χ3v) is 13.3. The zero-order valence-electron chi connectivity index (χ0n) is 32.7. The number of methoxy groups -OCH3 is 1. The number of alkyl carbamates (subject to hydrolysis) is 1. The first-order valence-electron chi connectivity index (χ1n) is 19.4. The van der Waals surface area contributed by atoms with Gasteiger partial charge in [-0.15, -0.1) is 11.3 Å². The molecule has 15 heteroatoms. The highest BCUT2D eigenvalue weighted by molar-refractivity contribution is 7.11. The van der Waals surface area contributed by atoms with Gasteiger partial charge in [0.1, 0.15) is 23.4 Å². The highest BCUT2D eigenvalue weighted by atomic mass is 32.1. The second-order valence-corrected chi connectivity index (χ2v) is 17.7. The number of aryl methyl sites for hydroxylation is 2. The molecule has 0 radical (unpaired) electrons. The summed E-state index contributed by atoms with van der Waals surface area (Å²) in [6.07, 6.45) is 4.93. The van der Waals surface area contributed by atoms with Crippen molar-refractivity contribution >= 4 is 46.8 Å². The minimum Gasteiger partial charge on any atom is -0.462 e. The van der Waals surface area contributed by atoms with Gasteiger partial charge in [-0.25, -0.2) is 19.2 Å². The van der Waals surface area contributed by atoms with Crippen LogP contribution < -0.4 is 15.5 Å². The Morgan fingerprint density at radius 1 is 1.09 bits per heavy atom. The van der Waals surface area contributed by atoms with Gasteiger partial charge in [0.15, 0.2) is 5.01 Å². The van der Waals surface area contributed by atoms with Gasteiger partial charge in [-0.05, 0) is 95.4 Å². The number of halogens is 1. The fourth-order valence-electron chi connectivity index (χ4n) is 8.40. The number of carbonyl (C=O) groups excluding carboxylic acids is 2. The van der Waals surface area contributed by atoms with Crippen LogP contribution in [0.1, 0.15) is 94.5 Å². The number of aromatic amines is 1. The molecule has 3 atom stereocenters. The molecule has 0 saturated carbocycles. The highest BCUT2D eigenvalue weighted by Gasteiger charge is 2.52. The van der Waals surface area contributed by atoms with Crippen molar-refractivity contribution < 1.29 is 32.8 Å². The number of aromatic nitrogens is 4. The topological polar surface area (TPSA) is 133 Å². The Morgan fingerprint density at radius 2 is 1.88 bits per heavy atom. The molecule has 2 fully saturated rings. The van der Waals surface area contributed by atoms with E-state index in [-0.39, 0.29) is 17.9 Å². The van der Waals surface area contributed by atoms with E-state index in [0.29, 0.717) is 47.1 Å². The van der Waals surface area contributed by atoms with E-state index in [1.807, 2.05) is 65.8 Å². The van der Waals surface area contributed by atoms with Crippen LogP contribution in [0.25, 0.3) is 33.4 Å². The minimum absolute atomic E-state index is 0.154. The van der Waals surface area contributed by atoms with Crippen LogP contribution >= 0.6 is 11.3 Å². The molecule has 2 saturated heterocycles. The van der Waals surface area contributed by atoms with Gasteiger partial charge in [-0.3, -0.25) is 9.36 Å². The molecule has 56 heavy (non-hydrogen) atoms. The number of thiazole rings is 1. The Morgan fingerprint density at radius 3 is 2.61 bits per heavy atom. The fourth-order valence-corrected chi connectivity index (χ4v) is 9.57. The highest BCUT2D eigenvalue weighted by Crippen LogP contribution is 2.48. The van der Waals surface area contributed by atoms with E-state index in [1.165, 1.54) is 18.1 Å². The summed E-state index contributed by atoms with van der Waals surface area (Å²) in [5.41, 5.74) is 4.15. The van der Waals surface area contributed by atoms with Crippen LogP contribution in [0.3, 0.4) is 0 Å². The van der Waals surface area contributed by atoms with Crippen molar-refractivity contribution in [1.82, 2.24) is 29.7 Å². The lowest BCUT2D eigenvalue weighted by Gasteiger charge is -2.32. The van der Waals surface area contributed by atoms with Crippen LogP contribution in [-0.2, 0) is 31.7 Å². The SMILES string of the molecule is COC(=O)N[C@H](C(=O)N1CCC[C@H]1c1ncc(-c2cc(F)c3c(c2)OC(c2nc4c(s2)CCC4)n2c-3cc3cc(B4OC(C)(C)C(C)(C)O4)ccc32)[nH]1)C(C)C. The maximum atomic E-state index is 16.7. The molecular formula is C41H46BFN6O6S. The number of H-pyrrole nitrogens is 1. The summed E-state index contributed by atoms with van der Waals surface area (Å²) in [6.45, 7) is 12.4. The molecule has 2 N–H and O–H groups in total. The lowest BCUT2D eigenvalue weighted by atomic mass is 9.78. The number of nitrogens with one attached hydrogen (secondary N) is 2. The molecule has 4 aliphatic rings. The van der Waals surface area contributed by atoms with Gasteiger partial charge in [0, 0.05) is 22.4 Å². The summed E-state index contributed by atoms with van der Waals surface area (Å²) in [6, 6.07) is 10.4. The summed E-state index contributed by atoms with van der Waals surface area (Å²) in [7, 11) is 0.738. The Bertz CT molecular complexity index is 2350. The summed E-state index contributed by atoms with van der Waals surface area (Å²) >= 11 is 1.67. The first-order valence-corrected chi connectivity index (χ1v) is 20.2. The van der Waals surface area contributed by atoms with Gasteiger partial charge in [-0.2, -0.15) is 0 Å². The minimum atomic E-state index is -0.748. The Kier molecular flexibility index (Phi) is 8.86. The average Bonchev–Trinajstić information content (AvgIpc) is 4.00. The van der Waals surface area contributed by atoms with E-state index in [4.69, 9.17) is 23.8 Å². The van der Waals surface area contributed by atoms with E-state index in [0.717, 1.165) is 52.8 Å². The van der Waals surface area contributed by atoms with Gasteiger partial charge in [0.2, 0.25) is 12.1 Å². The average molecular weight is 781 g/mol. The number of imidazole rings is 1. The van der Waals surface area contributed by atoms with Crippen molar-refractivity contribution in [3.8, 4) is 28.3 Å². The number of ether oxygens (including phenoxy) is 2. The largest absolute Gasteiger partial charge is 0.494 e. The number of benzene rings is 2. The summed E-state index contributed by atoms with van der Waals surface area (Å²) in [4.78, 5) is 42.0. The normalized spacial score (nSPS) is 21.2. The summed E-state index contributed by atoms with van der Waals surface area (Å²) < 4.78 is 43.1. The number of carbonyl (C=O) groups is 2. The van der Waals surface area contributed by atoms with E-state index in [1.54, 1.807) is 22.4 Å². The van der Waals surface area contributed by atoms with Gasteiger partial charge in [0.05, 0.1) is 58.7 Å². The van der Waals surface area contributed by atoms with Crippen molar-refractivity contribution in [2.24, 2.45) is 5.92 Å². The number of rotatable bonds is 7. The van der Waals surface area contributed by atoms with Gasteiger partial charge in [-0.1, -0.05) is 26.0 Å². The molecule has 1 aliphatic carbocycles. The van der Waals surface area contributed by atoms with Crippen LogP contribution in [-0.4, -0.2) is 74.4 Å². The Labute approximate surface area is 329 Å². The molecule has 2 amide bonds. The Balaban J connectivity index is 1.08. The van der Waals surface area contributed by atoms with Crippen molar-refractivity contribution in [3.05, 3.63) is 69.8 Å². The molecule has 5 aromatic rings. The fraction of sp³-hybridized carbons (Fsp3) is 0.463. The van der Waals surface area contributed by atoms with Gasteiger partial charge >= 0.3 is 13.2 Å². The first kappa shape index (κ1) is 36.9. The number of hydrogen-bond donors (Lipinski definition) is 2. The standard InChI is InChI=1S/C41H46BFN6O6S/c1-21(2)34(47-39(51)52-7)37(50)48-15-9-11-29(48)35-44-20-27(45-35)22-17-25(43)33-30-18-23-16-24(42-54-40(3,4)41(5,6)55-42)13-14-28(23)49(30)38(53-31(33)19-22)36-46-26-10-8-12-32(26)56-36/h13-14,16-21,29,34,38H,8-12,15H2,1-7H3,(H,44,45)(H,47,51)/t29-,34-,38?/m0/s1. The maximum absolute atomic E-state index is 16.7. The van der Waals surface area contributed by atoms with Gasteiger partial charge in [0.25, 0.3) is 0 Å². The number of amides is 2. The lowest BCUT2D eigenvalue weighted by Crippen LogP contribution is -2.51. The summed E-state index contributed by atoms with van der Waals surface area (Å²) in [5.74, 6) is 0.216. The number of fused-ring (bicyclic) bond motifs is 6. The molecule has 1 unspecified atom stereocenters. The number of hydrogen-bond acceptors (Lipinski definition) is 9. The van der Waals surface area contributed by atoms with Crippen molar-refractivity contribution in [1.29, 1.82) is 0 Å². The molecule has 3 aromatic heterocycles. The number of likely N-dealkylation sites (tertiary alicyclic amines) is 1. The third kappa shape index (κ3) is 6.01. The molecule has 292 valence electrons. The predicted octanol–water partition coefficient (Wildman–Crippen LogP) is 7.07. The van der Waals surface area contributed by atoms with Crippen LogP contribution in [0.4, 0.5) is 9.18 Å². The number of nitrogens with zero attached hydrogens (tertiary/aromatic N) is 4. The lowest BCUT2D eigenvalue weighted by molar-refractivity contribution is -0.135. The van der Waals surface area contributed by atoms with Crippen LogP contribution in [0, 0.1) is 11.7 Å². The molecular weight excluding hydrogens is 734 g/mol. The maximum Gasteiger partial charge on any atom is 0.494 e. The zero-order valence-corrected chi connectivity index (χ0v) is 33.5. The molecule has 0 bridgehead atoms. The monoisotopic (exact) mass is 780 g/mol. The molecule has 12 nitrogen and oxygen atoms in total. The second-order valence-electron chi connectivity index (χ2n) is 16.6. The second kappa shape index (κ2) is 13.4.